The van der Waals surface area contributed by atoms with E-state index in [0.717, 1.165) is 60.3 Å². The minimum atomic E-state index is 0.159. The molecule has 1 aliphatic rings. The number of amides is 1. The normalized spacial score (nSPS) is 16.4. The van der Waals surface area contributed by atoms with Gasteiger partial charge >= 0.3 is 0 Å². The number of rotatable bonds is 1. The van der Waals surface area contributed by atoms with Crippen molar-refractivity contribution in [2.24, 2.45) is 0 Å². The Balaban J connectivity index is 2.04. The minimum Gasteiger partial charge on any atom is -0.358 e. The fourth-order valence-corrected chi connectivity index (χ4v) is 3.03. The Morgan fingerprint density at radius 2 is 2.05 bits per heavy atom. The third-order valence-corrected chi connectivity index (χ3v) is 4.06. The summed E-state index contributed by atoms with van der Waals surface area (Å²) in [6.45, 7) is 7.56. The first-order chi connectivity index (χ1) is 9.68. The van der Waals surface area contributed by atoms with Gasteiger partial charge < -0.3 is 15.2 Å². The van der Waals surface area contributed by atoms with Gasteiger partial charge in [-0.1, -0.05) is 12.1 Å². The first-order valence-electron chi connectivity index (χ1n) is 7.26. The van der Waals surface area contributed by atoms with Crippen LogP contribution in [0.15, 0.2) is 18.2 Å². The minimum absolute atomic E-state index is 0.159. The molecule has 1 aliphatic heterocycles. The lowest BCUT2D eigenvalue weighted by molar-refractivity contribution is 0.0767. The first-order valence-corrected chi connectivity index (χ1v) is 7.26. The van der Waals surface area contributed by atoms with E-state index in [1.54, 1.807) is 0 Å². The summed E-state index contributed by atoms with van der Waals surface area (Å²) in [5.74, 6) is 0.159. The molecule has 1 aromatic carbocycles. The molecule has 2 aromatic rings. The Hall–Kier alpha value is -1.81. The van der Waals surface area contributed by atoms with E-state index in [1.807, 2.05) is 24.0 Å². The van der Waals surface area contributed by atoms with Gasteiger partial charge in [-0.15, -0.1) is 0 Å². The Labute approximate surface area is 119 Å². The fourth-order valence-electron chi connectivity index (χ4n) is 3.03. The number of H-pyrrole nitrogens is 1. The van der Waals surface area contributed by atoms with Crippen LogP contribution < -0.4 is 5.32 Å². The molecular formula is C16H21N3O. The molecule has 3 rings (SSSR count). The van der Waals surface area contributed by atoms with Crippen molar-refractivity contribution in [2.75, 3.05) is 26.2 Å². The van der Waals surface area contributed by atoms with E-state index in [1.165, 1.54) is 0 Å². The van der Waals surface area contributed by atoms with Crippen molar-refractivity contribution in [1.82, 2.24) is 15.2 Å². The van der Waals surface area contributed by atoms with Gasteiger partial charge in [0, 0.05) is 36.2 Å². The second kappa shape index (κ2) is 5.29. The van der Waals surface area contributed by atoms with Crippen molar-refractivity contribution >= 4 is 16.8 Å². The maximum atomic E-state index is 12.9. The molecule has 0 aliphatic carbocycles. The van der Waals surface area contributed by atoms with Gasteiger partial charge in [-0.25, -0.2) is 0 Å². The number of fused-ring (bicyclic) bond motifs is 1. The van der Waals surface area contributed by atoms with E-state index in [4.69, 9.17) is 0 Å². The lowest BCUT2D eigenvalue weighted by Crippen LogP contribution is -2.34. The summed E-state index contributed by atoms with van der Waals surface area (Å²) in [5, 5.41) is 4.41. The van der Waals surface area contributed by atoms with Crippen molar-refractivity contribution in [3.8, 4) is 0 Å². The van der Waals surface area contributed by atoms with Gasteiger partial charge in [0.15, 0.2) is 0 Å². The van der Waals surface area contributed by atoms with Crippen LogP contribution in [0.3, 0.4) is 0 Å². The molecule has 1 aromatic heterocycles. The average Bonchev–Trinajstić information content (AvgIpc) is 2.63. The Morgan fingerprint density at radius 3 is 2.90 bits per heavy atom. The number of aromatic nitrogens is 1. The summed E-state index contributed by atoms with van der Waals surface area (Å²) in [4.78, 5) is 18.2. The highest BCUT2D eigenvalue weighted by molar-refractivity contribution is 6.09. The summed E-state index contributed by atoms with van der Waals surface area (Å²) in [6, 6.07) is 6.13. The molecular weight excluding hydrogens is 250 g/mol. The van der Waals surface area contributed by atoms with Crippen LogP contribution in [-0.2, 0) is 0 Å². The number of hydrogen-bond acceptors (Lipinski definition) is 2. The van der Waals surface area contributed by atoms with Crippen LogP contribution in [0.2, 0.25) is 0 Å². The topological polar surface area (TPSA) is 48.1 Å². The van der Waals surface area contributed by atoms with E-state index in [0.29, 0.717) is 0 Å². The highest BCUT2D eigenvalue weighted by Crippen LogP contribution is 2.26. The van der Waals surface area contributed by atoms with Gasteiger partial charge in [-0.2, -0.15) is 0 Å². The zero-order valence-corrected chi connectivity index (χ0v) is 12.1. The molecule has 1 amide bonds. The average molecular weight is 271 g/mol. The smallest absolute Gasteiger partial charge is 0.256 e. The van der Waals surface area contributed by atoms with Gasteiger partial charge in [0.25, 0.3) is 5.91 Å². The number of benzene rings is 1. The number of aromatic amines is 1. The fraction of sp³-hybridized carbons (Fsp3) is 0.438. The molecule has 0 unspecified atom stereocenters. The van der Waals surface area contributed by atoms with Crippen LogP contribution in [0.4, 0.5) is 0 Å². The molecule has 0 spiro atoms. The first kappa shape index (κ1) is 13.2. The molecule has 0 atom stereocenters. The van der Waals surface area contributed by atoms with Crippen LogP contribution in [0.25, 0.3) is 10.9 Å². The third kappa shape index (κ3) is 2.20. The van der Waals surface area contributed by atoms with Gasteiger partial charge in [-0.3, -0.25) is 4.79 Å². The molecule has 2 heterocycles. The number of carbonyl (C=O) groups is 1. The quantitative estimate of drug-likeness (QED) is 0.835. The molecule has 1 fully saturated rings. The molecule has 0 bridgehead atoms. The van der Waals surface area contributed by atoms with Gasteiger partial charge in [-0.05, 0) is 38.4 Å². The van der Waals surface area contributed by atoms with Crippen LogP contribution in [0, 0.1) is 13.8 Å². The van der Waals surface area contributed by atoms with E-state index in [9.17, 15) is 4.79 Å². The van der Waals surface area contributed by atoms with Gasteiger partial charge in [0.2, 0.25) is 0 Å². The Kier molecular flexibility index (Phi) is 3.49. The standard InChI is InChI=1S/C16H21N3O/c1-11-5-3-6-13-14(11)15(12(2)18-13)16(20)19-9-4-7-17-8-10-19/h3,5-6,17-18H,4,7-10H2,1-2H3. The molecule has 4 heteroatoms. The van der Waals surface area contributed by atoms with Crippen molar-refractivity contribution in [1.29, 1.82) is 0 Å². The predicted octanol–water partition coefficient (Wildman–Crippen LogP) is 2.22. The summed E-state index contributed by atoms with van der Waals surface area (Å²) in [7, 11) is 0. The monoisotopic (exact) mass is 271 g/mol. The van der Waals surface area contributed by atoms with E-state index < -0.39 is 0 Å². The molecule has 2 N–H and O–H groups in total. The maximum Gasteiger partial charge on any atom is 0.256 e. The van der Waals surface area contributed by atoms with Crippen molar-refractivity contribution in [2.45, 2.75) is 20.3 Å². The van der Waals surface area contributed by atoms with Crippen LogP contribution in [0.1, 0.15) is 28.0 Å². The van der Waals surface area contributed by atoms with E-state index >= 15 is 0 Å². The second-order valence-corrected chi connectivity index (χ2v) is 5.52. The molecule has 20 heavy (non-hydrogen) atoms. The van der Waals surface area contributed by atoms with Gasteiger partial charge in [0.1, 0.15) is 0 Å². The lowest BCUT2D eigenvalue weighted by atomic mass is 10.0. The summed E-state index contributed by atoms with van der Waals surface area (Å²) in [5.41, 5.74) is 4.03. The largest absolute Gasteiger partial charge is 0.358 e. The summed E-state index contributed by atoms with van der Waals surface area (Å²) in [6.07, 6.45) is 1.02. The molecule has 106 valence electrons. The van der Waals surface area contributed by atoms with Crippen LogP contribution >= 0.6 is 0 Å². The van der Waals surface area contributed by atoms with E-state index in [2.05, 4.69) is 23.3 Å². The van der Waals surface area contributed by atoms with Crippen molar-refractivity contribution in [3.63, 3.8) is 0 Å². The molecule has 4 nitrogen and oxygen atoms in total. The lowest BCUT2D eigenvalue weighted by Gasteiger charge is -2.20. The second-order valence-electron chi connectivity index (χ2n) is 5.52. The summed E-state index contributed by atoms with van der Waals surface area (Å²) < 4.78 is 0. The van der Waals surface area contributed by atoms with Crippen molar-refractivity contribution < 1.29 is 4.79 Å². The predicted molar refractivity (Wildman–Crippen MR) is 81.2 cm³/mol. The van der Waals surface area contributed by atoms with E-state index in [-0.39, 0.29) is 5.91 Å². The highest BCUT2D eigenvalue weighted by Gasteiger charge is 2.23. The number of nitrogens with one attached hydrogen (secondary N) is 2. The molecule has 0 radical (unpaired) electrons. The highest BCUT2D eigenvalue weighted by atomic mass is 16.2. The molecule has 0 saturated carbocycles. The number of carbonyl (C=O) groups excluding carboxylic acids is 1. The third-order valence-electron chi connectivity index (χ3n) is 4.06. The van der Waals surface area contributed by atoms with Crippen molar-refractivity contribution in [3.05, 3.63) is 35.0 Å². The number of aryl methyl sites for hydroxylation is 2. The zero-order chi connectivity index (χ0) is 14.1. The number of nitrogens with zero attached hydrogens (tertiary/aromatic N) is 1. The molecule has 1 saturated heterocycles. The SMILES string of the molecule is Cc1[nH]c2cccc(C)c2c1C(=O)N1CCCNCC1. The van der Waals surface area contributed by atoms with Crippen LogP contribution in [0.5, 0.6) is 0 Å². The summed E-state index contributed by atoms with van der Waals surface area (Å²) >= 11 is 0. The Morgan fingerprint density at radius 1 is 1.20 bits per heavy atom. The van der Waals surface area contributed by atoms with Gasteiger partial charge in [0.05, 0.1) is 5.56 Å². The zero-order valence-electron chi connectivity index (χ0n) is 12.1. The van der Waals surface area contributed by atoms with Crippen LogP contribution in [-0.4, -0.2) is 42.0 Å². The maximum absolute atomic E-state index is 12.9. The number of hydrogen-bond donors (Lipinski definition) is 2. The Bertz CT molecular complexity index is 636.